The molecule has 24 heavy (non-hydrogen) atoms. The Kier molecular flexibility index (Phi) is 4.86. The zero-order chi connectivity index (χ0) is 16.8. The summed E-state index contributed by atoms with van der Waals surface area (Å²) >= 11 is 0. The highest BCUT2D eigenvalue weighted by atomic mass is 16.5. The number of H-pyrrole nitrogens is 1. The van der Waals surface area contributed by atoms with Crippen LogP contribution >= 0.6 is 0 Å². The summed E-state index contributed by atoms with van der Waals surface area (Å²) in [5, 5.41) is 9.42. The van der Waals surface area contributed by atoms with Gasteiger partial charge < -0.3 is 10.1 Å². The van der Waals surface area contributed by atoms with Crippen LogP contribution in [0.1, 0.15) is 34.6 Å². The molecular weight excluding hydrogens is 304 g/mol. The fraction of sp³-hybridized carbons (Fsp3) is 0.167. The van der Waals surface area contributed by atoms with E-state index < -0.39 is 0 Å². The molecule has 1 atom stereocenters. The van der Waals surface area contributed by atoms with Crippen LogP contribution in [0.2, 0.25) is 0 Å². The van der Waals surface area contributed by atoms with Gasteiger partial charge in [0.15, 0.2) is 0 Å². The molecule has 2 N–H and O–H groups in total. The molecule has 2 heterocycles. The molecule has 0 aliphatic carbocycles. The number of ether oxygens (including phenoxy) is 1. The van der Waals surface area contributed by atoms with Crippen LogP contribution in [0.5, 0.6) is 5.88 Å². The van der Waals surface area contributed by atoms with Gasteiger partial charge in [0.2, 0.25) is 5.88 Å². The molecule has 3 rings (SSSR count). The van der Waals surface area contributed by atoms with E-state index in [2.05, 4.69) is 20.5 Å². The molecule has 0 aliphatic rings. The topological polar surface area (TPSA) is 79.9 Å². The second-order valence-corrected chi connectivity index (χ2v) is 5.32. The van der Waals surface area contributed by atoms with Gasteiger partial charge in [0, 0.05) is 18.5 Å². The lowest BCUT2D eigenvalue weighted by Gasteiger charge is -2.14. The summed E-state index contributed by atoms with van der Waals surface area (Å²) < 4.78 is 5.80. The number of carbonyl (C=O) groups excluding carboxylic acids is 1. The molecule has 6 nitrogen and oxygen atoms in total. The van der Waals surface area contributed by atoms with E-state index in [4.69, 9.17) is 4.74 Å². The maximum absolute atomic E-state index is 12.1. The first-order valence-electron chi connectivity index (χ1n) is 7.66. The molecule has 0 saturated carbocycles. The SMILES string of the molecule is CC(Oc1ccc(C(=O)NCc2ccn[nH]2)cn1)c1ccccc1. The van der Waals surface area contributed by atoms with Gasteiger partial charge >= 0.3 is 0 Å². The largest absolute Gasteiger partial charge is 0.470 e. The molecule has 0 aliphatic heterocycles. The molecule has 0 saturated heterocycles. The van der Waals surface area contributed by atoms with Crippen LogP contribution in [0.4, 0.5) is 0 Å². The van der Waals surface area contributed by atoms with Gasteiger partial charge in [-0.25, -0.2) is 4.98 Å². The van der Waals surface area contributed by atoms with Gasteiger partial charge in [-0.05, 0) is 24.6 Å². The van der Waals surface area contributed by atoms with Gasteiger partial charge in [-0.3, -0.25) is 9.89 Å². The molecule has 0 radical (unpaired) electrons. The normalized spacial score (nSPS) is 11.7. The minimum atomic E-state index is -0.195. The third-order valence-electron chi connectivity index (χ3n) is 3.56. The molecule has 0 spiro atoms. The zero-order valence-electron chi connectivity index (χ0n) is 13.3. The predicted molar refractivity (Wildman–Crippen MR) is 89.5 cm³/mol. The van der Waals surface area contributed by atoms with Gasteiger partial charge in [-0.1, -0.05) is 30.3 Å². The Labute approximate surface area is 139 Å². The lowest BCUT2D eigenvalue weighted by atomic mass is 10.1. The molecule has 2 aromatic heterocycles. The number of nitrogens with zero attached hydrogens (tertiary/aromatic N) is 2. The molecule has 1 aromatic carbocycles. The molecule has 0 bridgehead atoms. The Balaban J connectivity index is 1.57. The average molecular weight is 322 g/mol. The van der Waals surface area contributed by atoms with E-state index in [-0.39, 0.29) is 12.0 Å². The van der Waals surface area contributed by atoms with E-state index in [9.17, 15) is 4.79 Å². The number of aromatic amines is 1. The highest BCUT2D eigenvalue weighted by Gasteiger charge is 2.10. The highest BCUT2D eigenvalue weighted by molar-refractivity contribution is 5.93. The molecule has 1 unspecified atom stereocenters. The van der Waals surface area contributed by atoms with E-state index in [1.165, 1.54) is 6.20 Å². The summed E-state index contributed by atoms with van der Waals surface area (Å²) in [5.74, 6) is 0.288. The first-order valence-corrected chi connectivity index (χ1v) is 7.66. The number of aromatic nitrogens is 3. The standard InChI is InChI=1S/C18H18N4O2/c1-13(14-5-3-2-4-6-14)24-17-8-7-15(11-19-17)18(23)20-12-16-9-10-21-22-16/h2-11,13H,12H2,1H3,(H,20,23)(H,21,22). The van der Waals surface area contributed by atoms with Gasteiger partial charge in [0.05, 0.1) is 17.8 Å². The van der Waals surface area contributed by atoms with Crippen LogP contribution in [0.15, 0.2) is 60.9 Å². The van der Waals surface area contributed by atoms with Crippen molar-refractivity contribution >= 4 is 5.91 Å². The van der Waals surface area contributed by atoms with E-state index in [1.54, 1.807) is 24.4 Å². The second kappa shape index (κ2) is 7.41. The van der Waals surface area contributed by atoms with Crippen LogP contribution in [-0.4, -0.2) is 21.1 Å². The lowest BCUT2D eigenvalue weighted by Crippen LogP contribution is -2.23. The van der Waals surface area contributed by atoms with Crippen LogP contribution in [-0.2, 0) is 6.54 Å². The van der Waals surface area contributed by atoms with Crippen molar-refractivity contribution < 1.29 is 9.53 Å². The molecule has 0 fully saturated rings. The summed E-state index contributed by atoms with van der Waals surface area (Å²) in [4.78, 5) is 16.3. The fourth-order valence-electron chi connectivity index (χ4n) is 2.22. The summed E-state index contributed by atoms with van der Waals surface area (Å²) in [6.45, 7) is 2.35. The van der Waals surface area contributed by atoms with Crippen molar-refractivity contribution in [3.05, 3.63) is 77.7 Å². The van der Waals surface area contributed by atoms with Crippen LogP contribution in [0.25, 0.3) is 0 Å². The van der Waals surface area contributed by atoms with Crippen LogP contribution < -0.4 is 10.1 Å². The van der Waals surface area contributed by atoms with E-state index in [1.807, 2.05) is 37.3 Å². The van der Waals surface area contributed by atoms with Gasteiger partial charge in [0.1, 0.15) is 6.10 Å². The molecule has 3 aromatic rings. The summed E-state index contributed by atoms with van der Waals surface area (Å²) in [7, 11) is 0. The first kappa shape index (κ1) is 15.7. The fourth-order valence-corrected chi connectivity index (χ4v) is 2.22. The monoisotopic (exact) mass is 322 g/mol. The summed E-state index contributed by atoms with van der Waals surface area (Å²) in [6, 6.07) is 15.1. The molecular formula is C18H18N4O2. The smallest absolute Gasteiger partial charge is 0.253 e. The van der Waals surface area contributed by atoms with Crippen LogP contribution in [0.3, 0.4) is 0 Å². The average Bonchev–Trinajstić information content (AvgIpc) is 3.14. The maximum atomic E-state index is 12.1. The minimum Gasteiger partial charge on any atom is -0.470 e. The Morgan fingerprint density at radius 1 is 1.21 bits per heavy atom. The third kappa shape index (κ3) is 3.98. The van der Waals surface area contributed by atoms with Crippen molar-refractivity contribution in [3.63, 3.8) is 0 Å². The summed E-state index contributed by atoms with van der Waals surface area (Å²) in [6.07, 6.45) is 3.04. The van der Waals surface area contributed by atoms with Crippen molar-refractivity contribution in [1.82, 2.24) is 20.5 Å². The number of rotatable bonds is 6. The first-order chi connectivity index (χ1) is 11.7. The Hall–Kier alpha value is -3.15. The second-order valence-electron chi connectivity index (χ2n) is 5.32. The van der Waals surface area contributed by atoms with Gasteiger partial charge in [-0.2, -0.15) is 5.10 Å². The van der Waals surface area contributed by atoms with Crippen molar-refractivity contribution in [3.8, 4) is 5.88 Å². The third-order valence-corrected chi connectivity index (χ3v) is 3.56. The number of amides is 1. The number of benzene rings is 1. The molecule has 6 heteroatoms. The van der Waals surface area contributed by atoms with E-state index in [0.717, 1.165) is 11.3 Å². The number of nitrogens with one attached hydrogen (secondary N) is 2. The van der Waals surface area contributed by atoms with Crippen molar-refractivity contribution in [1.29, 1.82) is 0 Å². The minimum absolute atomic E-state index is 0.112. The predicted octanol–water partition coefficient (Wildman–Crippen LogP) is 2.87. The van der Waals surface area contributed by atoms with Crippen LogP contribution in [0, 0.1) is 0 Å². The lowest BCUT2D eigenvalue weighted by molar-refractivity contribution is 0.0950. The van der Waals surface area contributed by atoms with Crippen molar-refractivity contribution in [2.45, 2.75) is 19.6 Å². The Morgan fingerprint density at radius 2 is 2.04 bits per heavy atom. The Morgan fingerprint density at radius 3 is 2.71 bits per heavy atom. The van der Waals surface area contributed by atoms with Gasteiger partial charge in [-0.15, -0.1) is 0 Å². The summed E-state index contributed by atoms with van der Waals surface area (Å²) in [5.41, 5.74) is 2.39. The highest BCUT2D eigenvalue weighted by Crippen LogP contribution is 2.19. The number of hydrogen-bond acceptors (Lipinski definition) is 4. The van der Waals surface area contributed by atoms with Crippen molar-refractivity contribution in [2.24, 2.45) is 0 Å². The quantitative estimate of drug-likeness (QED) is 0.731. The van der Waals surface area contributed by atoms with E-state index >= 15 is 0 Å². The number of carbonyl (C=O) groups is 1. The van der Waals surface area contributed by atoms with E-state index in [0.29, 0.717) is 18.0 Å². The number of hydrogen-bond donors (Lipinski definition) is 2. The van der Waals surface area contributed by atoms with Gasteiger partial charge in [0.25, 0.3) is 5.91 Å². The molecule has 122 valence electrons. The Bertz CT molecular complexity index is 771. The molecule has 1 amide bonds. The number of pyridine rings is 1. The van der Waals surface area contributed by atoms with Crippen molar-refractivity contribution in [2.75, 3.05) is 0 Å². The maximum Gasteiger partial charge on any atom is 0.253 e. The zero-order valence-corrected chi connectivity index (χ0v) is 13.3.